The van der Waals surface area contributed by atoms with Crippen molar-refractivity contribution in [2.24, 2.45) is 0 Å². The predicted molar refractivity (Wildman–Crippen MR) is 50.6 cm³/mol. The first-order chi connectivity index (χ1) is 10.7. The van der Waals surface area contributed by atoms with Gasteiger partial charge in [-0.25, -0.2) is 18.3 Å². The molecule has 0 aromatic carbocycles. The Morgan fingerprint density at radius 1 is 0.560 bits per heavy atom. The standard InChI is InChI=1S/C9H8F12O4/c10-4(11,2-22)1-5(12,13)7(16,17)25-9(20,21)8(18,19)24-6(14,15)3-23/h22-23H,1-3H2. The summed E-state index contributed by atoms with van der Waals surface area (Å²) in [6.45, 7) is -5.06. The van der Waals surface area contributed by atoms with Crippen LogP contribution in [0.25, 0.3) is 0 Å². The number of halogens is 12. The third-order valence-corrected chi connectivity index (χ3v) is 2.19. The van der Waals surface area contributed by atoms with Crippen LogP contribution < -0.4 is 0 Å². The fourth-order valence-corrected chi connectivity index (χ4v) is 1.06. The predicted octanol–water partition coefficient (Wildman–Crippen LogP) is 3.04. The lowest BCUT2D eigenvalue weighted by molar-refractivity contribution is -0.530. The molecule has 0 aromatic rings. The monoisotopic (exact) mass is 408 g/mol. The molecule has 4 nitrogen and oxygen atoms in total. The largest absolute Gasteiger partial charge is 0.453 e. The third kappa shape index (κ3) is 6.03. The van der Waals surface area contributed by atoms with Crippen molar-refractivity contribution >= 4 is 0 Å². The Hall–Kier alpha value is -1.00. The first kappa shape index (κ1) is 24.0. The summed E-state index contributed by atoms with van der Waals surface area (Å²) in [6, 6.07) is 0. The smallest absolute Gasteiger partial charge is 0.390 e. The van der Waals surface area contributed by atoms with Gasteiger partial charge in [0.2, 0.25) is 0 Å². The number of alkyl halides is 12. The maximum Gasteiger partial charge on any atom is 0.453 e. The van der Waals surface area contributed by atoms with Gasteiger partial charge in [-0.05, 0) is 0 Å². The lowest BCUT2D eigenvalue weighted by atomic mass is 10.1. The topological polar surface area (TPSA) is 58.9 Å². The molecule has 0 unspecified atom stereocenters. The Morgan fingerprint density at radius 2 is 0.960 bits per heavy atom. The normalized spacial score (nSPS) is 15.6. The number of rotatable bonds is 10. The molecule has 0 aliphatic heterocycles. The van der Waals surface area contributed by atoms with Gasteiger partial charge < -0.3 is 10.2 Å². The zero-order chi connectivity index (χ0) is 20.5. The van der Waals surface area contributed by atoms with Gasteiger partial charge in [-0.3, -0.25) is 0 Å². The van der Waals surface area contributed by atoms with Crippen LogP contribution in [0.15, 0.2) is 0 Å². The number of hydrogen-bond donors (Lipinski definition) is 2. The molecule has 0 radical (unpaired) electrons. The molecular weight excluding hydrogens is 400 g/mol. The number of hydrogen-bond acceptors (Lipinski definition) is 4. The highest BCUT2D eigenvalue weighted by Crippen LogP contribution is 2.49. The van der Waals surface area contributed by atoms with Gasteiger partial charge in [-0.15, -0.1) is 0 Å². The lowest BCUT2D eigenvalue weighted by Crippen LogP contribution is -2.57. The Morgan fingerprint density at radius 3 is 1.32 bits per heavy atom. The van der Waals surface area contributed by atoms with E-state index in [1.54, 1.807) is 0 Å². The molecular formula is C9H8F12O4. The second kappa shape index (κ2) is 6.96. The fourth-order valence-electron chi connectivity index (χ4n) is 1.06. The first-order valence-electron chi connectivity index (χ1n) is 5.63. The molecule has 0 aromatic heterocycles. The summed E-state index contributed by atoms with van der Waals surface area (Å²) in [4.78, 5) is 0. The summed E-state index contributed by atoms with van der Waals surface area (Å²) < 4.78 is 156. The maximum atomic E-state index is 12.9. The Kier molecular flexibility index (Phi) is 6.68. The van der Waals surface area contributed by atoms with Crippen molar-refractivity contribution in [3.63, 3.8) is 0 Å². The minimum absolute atomic E-state index is 1.81. The van der Waals surface area contributed by atoms with Crippen LogP contribution >= 0.6 is 0 Å². The summed E-state index contributed by atoms with van der Waals surface area (Å²) in [5, 5.41) is 15.8. The summed E-state index contributed by atoms with van der Waals surface area (Å²) in [5.74, 6) is -11.2. The molecule has 16 heteroatoms. The van der Waals surface area contributed by atoms with Crippen molar-refractivity contribution in [2.75, 3.05) is 13.2 Å². The zero-order valence-corrected chi connectivity index (χ0v) is 11.4. The molecule has 0 rings (SSSR count). The number of aliphatic hydroxyl groups excluding tert-OH is 2. The van der Waals surface area contributed by atoms with Crippen molar-refractivity contribution in [1.82, 2.24) is 0 Å². The van der Waals surface area contributed by atoms with Gasteiger partial charge >= 0.3 is 30.4 Å². The van der Waals surface area contributed by atoms with Gasteiger partial charge in [0, 0.05) is 0 Å². The van der Waals surface area contributed by atoms with Crippen LogP contribution in [0.2, 0.25) is 0 Å². The number of aliphatic hydroxyl groups is 2. The molecule has 0 fully saturated rings. The highest BCUT2D eigenvalue weighted by molar-refractivity contribution is 4.86. The van der Waals surface area contributed by atoms with E-state index < -0.39 is 55.9 Å². The van der Waals surface area contributed by atoms with Crippen LogP contribution in [0.3, 0.4) is 0 Å². The molecule has 25 heavy (non-hydrogen) atoms. The van der Waals surface area contributed by atoms with E-state index in [1.165, 1.54) is 0 Å². The van der Waals surface area contributed by atoms with Gasteiger partial charge in [0.25, 0.3) is 5.92 Å². The zero-order valence-electron chi connectivity index (χ0n) is 11.4. The average Bonchev–Trinajstić information content (AvgIpc) is 2.34. The third-order valence-electron chi connectivity index (χ3n) is 2.19. The molecule has 0 heterocycles. The molecule has 152 valence electrons. The van der Waals surface area contributed by atoms with Crippen LogP contribution in [-0.4, -0.2) is 59.7 Å². The van der Waals surface area contributed by atoms with Crippen molar-refractivity contribution in [1.29, 1.82) is 0 Å². The van der Waals surface area contributed by atoms with E-state index in [1.807, 2.05) is 4.74 Å². The second-order valence-corrected chi connectivity index (χ2v) is 4.45. The summed E-state index contributed by atoms with van der Waals surface area (Å²) >= 11 is 0. The van der Waals surface area contributed by atoms with Gasteiger partial charge in [-0.2, -0.15) is 43.9 Å². The molecule has 0 saturated heterocycles. The van der Waals surface area contributed by atoms with E-state index in [9.17, 15) is 52.7 Å². The second-order valence-electron chi connectivity index (χ2n) is 4.45. The van der Waals surface area contributed by atoms with Crippen molar-refractivity contribution in [3.05, 3.63) is 0 Å². The van der Waals surface area contributed by atoms with Crippen molar-refractivity contribution < 1.29 is 72.4 Å². The highest BCUT2D eigenvalue weighted by Gasteiger charge is 2.72. The SMILES string of the molecule is OCC(F)(F)CC(F)(F)C(F)(F)OC(F)(F)C(F)(F)OC(F)(F)CO. The molecule has 0 atom stereocenters. The molecule has 2 N–H and O–H groups in total. The minimum Gasteiger partial charge on any atom is -0.390 e. The van der Waals surface area contributed by atoms with E-state index in [4.69, 9.17) is 10.2 Å². The van der Waals surface area contributed by atoms with Crippen LogP contribution in [-0.2, 0) is 9.47 Å². The van der Waals surface area contributed by atoms with Gasteiger partial charge in [0.1, 0.15) is 13.2 Å². The molecule has 0 saturated carbocycles. The van der Waals surface area contributed by atoms with Gasteiger partial charge in [0.05, 0.1) is 6.42 Å². The van der Waals surface area contributed by atoms with Crippen molar-refractivity contribution in [2.45, 2.75) is 42.7 Å². The van der Waals surface area contributed by atoms with Crippen LogP contribution in [0.5, 0.6) is 0 Å². The first-order valence-corrected chi connectivity index (χ1v) is 5.63. The van der Waals surface area contributed by atoms with E-state index in [2.05, 4.69) is 4.74 Å². The quantitative estimate of drug-likeness (QED) is 0.546. The Balaban J connectivity index is 5.49. The fraction of sp³-hybridized carbons (Fsp3) is 1.00. The summed E-state index contributed by atoms with van der Waals surface area (Å²) in [7, 11) is 0. The Labute approximate surface area is 129 Å². The lowest BCUT2D eigenvalue weighted by Gasteiger charge is -2.34. The number of ether oxygens (including phenoxy) is 2. The van der Waals surface area contributed by atoms with Gasteiger partial charge in [-0.1, -0.05) is 0 Å². The molecule has 0 aliphatic carbocycles. The van der Waals surface area contributed by atoms with Crippen LogP contribution in [0.1, 0.15) is 6.42 Å². The molecule has 0 bridgehead atoms. The molecule has 0 spiro atoms. The van der Waals surface area contributed by atoms with Crippen LogP contribution in [0.4, 0.5) is 52.7 Å². The molecule has 0 amide bonds. The highest BCUT2D eigenvalue weighted by atomic mass is 19.4. The Bertz CT molecular complexity index is 412. The maximum absolute atomic E-state index is 12.9. The minimum atomic E-state index is -6.87. The van der Waals surface area contributed by atoms with E-state index >= 15 is 0 Å². The van der Waals surface area contributed by atoms with E-state index in [0.29, 0.717) is 0 Å². The van der Waals surface area contributed by atoms with E-state index in [0.717, 1.165) is 0 Å². The average molecular weight is 408 g/mol. The van der Waals surface area contributed by atoms with Crippen molar-refractivity contribution in [3.8, 4) is 0 Å². The van der Waals surface area contributed by atoms with E-state index in [-0.39, 0.29) is 0 Å². The van der Waals surface area contributed by atoms with Crippen LogP contribution in [0, 0.1) is 0 Å². The summed E-state index contributed by atoms with van der Waals surface area (Å²) in [5.41, 5.74) is 0. The molecule has 0 aliphatic rings. The summed E-state index contributed by atoms with van der Waals surface area (Å²) in [6.07, 6.45) is -29.0. The van der Waals surface area contributed by atoms with Gasteiger partial charge in [0.15, 0.2) is 0 Å².